The van der Waals surface area contributed by atoms with Crippen LogP contribution in [0.2, 0.25) is 0 Å². The second-order valence-electron chi connectivity index (χ2n) is 8.39. The van der Waals surface area contributed by atoms with E-state index in [1.54, 1.807) is 13.2 Å². The molecule has 160 valence electrons. The van der Waals surface area contributed by atoms with Crippen LogP contribution in [0.4, 0.5) is 0 Å². The predicted molar refractivity (Wildman–Crippen MR) is 119 cm³/mol. The number of aromatic hydroxyl groups is 2. The van der Waals surface area contributed by atoms with Gasteiger partial charge in [0.15, 0.2) is 5.78 Å². The largest absolute Gasteiger partial charge is 0.507 e. The zero-order chi connectivity index (χ0) is 22.2. The monoisotopic (exact) mass is 410 g/mol. The van der Waals surface area contributed by atoms with Crippen molar-refractivity contribution < 1.29 is 24.5 Å². The first-order valence-electron chi connectivity index (χ1n) is 10.2. The summed E-state index contributed by atoms with van der Waals surface area (Å²) in [4.78, 5) is 12.6. The molecule has 0 saturated carbocycles. The number of Topliss-reactive ketones (excluding diaryl/α,β-unsaturated/α-hetero) is 1. The van der Waals surface area contributed by atoms with Gasteiger partial charge in [0.25, 0.3) is 0 Å². The highest BCUT2D eigenvalue weighted by molar-refractivity contribution is 6.11. The second-order valence-corrected chi connectivity index (χ2v) is 8.39. The molecule has 3 rings (SSSR count). The van der Waals surface area contributed by atoms with Crippen molar-refractivity contribution >= 4 is 16.6 Å². The first-order chi connectivity index (χ1) is 14.1. The van der Waals surface area contributed by atoms with Crippen LogP contribution in [0.5, 0.6) is 23.0 Å². The molecule has 2 N–H and O–H groups in total. The lowest BCUT2D eigenvalue weighted by Crippen LogP contribution is -2.24. The van der Waals surface area contributed by atoms with Crippen molar-refractivity contribution in [3.8, 4) is 23.0 Å². The molecule has 30 heavy (non-hydrogen) atoms. The van der Waals surface area contributed by atoms with Crippen molar-refractivity contribution in [2.45, 2.75) is 60.0 Å². The van der Waals surface area contributed by atoms with Crippen molar-refractivity contribution in [1.82, 2.24) is 0 Å². The highest BCUT2D eigenvalue weighted by Crippen LogP contribution is 2.49. The van der Waals surface area contributed by atoms with Gasteiger partial charge in [-0.05, 0) is 53.5 Å². The third-order valence-corrected chi connectivity index (χ3v) is 5.37. The summed E-state index contributed by atoms with van der Waals surface area (Å²) in [5.74, 6) is 0.462. The van der Waals surface area contributed by atoms with E-state index in [0.717, 1.165) is 16.7 Å². The summed E-state index contributed by atoms with van der Waals surface area (Å²) in [5, 5.41) is 23.1. The molecule has 1 heterocycles. The maximum atomic E-state index is 12.6. The summed E-state index contributed by atoms with van der Waals surface area (Å²) >= 11 is 0. The Morgan fingerprint density at radius 1 is 1.10 bits per heavy atom. The van der Waals surface area contributed by atoms with Crippen molar-refractivity contribution in [1.29, 1.82) is 0 Å². The molecule has 5 heteroatoms. The molecule has 2 aromatic rings. The number of methoxy groups -OCH3 is 1. The highest BCUT2D eigenvalue weighted by atomic mass is 16.5. The van der Waals surface area contributed by atoms with Crippen LogP contribution in [0.15, 0.2) is 29.4 Å². The van der Waals surface area contributed by atoms with Crippen molar-refractivity contribution in [3.05, 3.63) is 46.1 Å². The smallest absolute Gasteiger partial charge is 0.174 e. The Morgan fingerprint density at radius 3 is 2.27 bits per heavy atom. The number of carbonyl (C=O) groups excluding carboxylic acids is 1. The van der Waals surface area contributed by atoms with Gasteiger partial charge in [0, 0.05) is 22.9 Å². The third kappa shape index (κ3) is 3.89. The van der Waals surface area contributed by atoms with Gasteiger partial charge in [-0.15, -0.1) is 0 Å². The maximum Gasteiger partial charge on any atom is 0.174 e. The fraction of sp³-hybridized carbons (Fsp3) is 0.400. The number of ketones is 1. The Bertz CT molecular complexity index is 1070. The molecule has 5 nitrogen and oxygen atoms in total. The molecule has 0 saturated heterocycles. The van der Waals surface area contributed by atoms with Gasteiger partial charge in [-0.2, -0.15) is 0 Å². The Balaban J connectivity index is 2.44. The first kappa shape index (κ1) is 21.8. The van der Waals surface area contributed by atoms with E-state index in [4.69, 9.17) is 9.47 Å². The number of fused-ring (bicyclic) bond motifs is 2. The van der Waals surface area contributed by atoms with Gasteiger partial charge in [-0.3, -0.25) is 4.79 Å². The van der Waals surface area contributed by atoms with Crippen LogP contribution in [0, 0.1) is 0 Å². The molecular weight excluding hydrogens is 380 g/mol. The number of hydrogen-bond donors (Lipinski definition) is 2. The minimum absolute atomic E-state index is 0.0629. The summed E-state index contributed by atoms with van der Waals surface area (Å²) in [6.45, 7) is 9.83. The molecule has 1 aliphatic heterocycles. The van der Waals surface area contributed by atoms with Crippen LogP contribution in [0.1, 0.15) is 62.5 Å². The topological polar surface area (TPSA) is 76.0 Å². The van der Waals surface area contributed by atoms with Crippen LogP contribution >= 0.6 is 0 Å². The standard InChI is InChI=1S/C25H30O5/c1-13(2)7-9-16-18-12-20-22(19(26)11-15(5)30-20)24(28)21(18)23(27)17(25(16)29-6)10-8-14(3)4/h7-8,12,15,27-28H,9-11H2,1-6H3/t15-/m1/s1. The van der Waals surface area contributed by atoms with Crippen LogP contribution in [0.25, 0.3) is 10.8 Å². The minimum atomic E-state index is -0.268. The van der Waals surface area contributed by atoms with E-state index in [-0.39, 0.29) is 40.8 Å². The van der Waals surface area contributed by atoms with Gasteiger partial charge in [-0.1, -0.05) is 23.3 Å². The fourth-order valence-electron chi connectivity index (χ4n) is 3.92. The van der Waals surface area contributed by atoms with E-state index in [1.165, 1.54) is 0 Å². The fourth-order valence-corrected chi connectivity index (χ4v) is 3.92. The molecule has 0 radical (unpaired) electrons. The summed E-state index contributed by atoms with van der Waals surface area (Å²) in [6, 6.07) is 1.75. The Morgan fingerprint density at radius 2 is 1.70 bits per heavy atom. The quantitative estimate of drug-likeness (QED) is 0.625. The van der Waals surface area contributed by atoms with E-state index in [9.17, 15) is 15.0 Å². The van der Waals surface area contributed by atoms with E-state index in [1.807, 2.05) is 40.7 Å². The number of carbonyl (C=O) groups is 1. The van der Waals surface area contributed by atoms with Crippen LogP contribution < -0.4 is 9.47 Å². The zero-order valence-corrected chi connectivity index (χ0v) is 18.5. The van der Waals surface area contributed by atoms with Gasteiger partial charge in [-0.25, -0.2) is 0 Å². The lowest BCUT2D eigenvalue weighted by atomic mass is 9.89. The number of rotatable bonds is 5. The molecule has 0 amide bonds. The van der Waals surface area contributed by atoms with Crippen LogP contribution in [0.3, 0.4) is 0 Å². The minimum Gasteiger partial charge on any atom is -0.507 e. The molecule has 0 spiro atoms. The average Bonchev–Trinajstić information content (AvgIpc) is 2.64. The van der Waals surface area contributed by atoms with E-state index in [0.29, 0.717) is 35.3 Å². The molecular formula is C25H30O5. The molecule has 2 aromatic carbocycles. The zero-order valence-electron chi connectivity index (χ0n) is 18.5. The number of ether oxygens (including phenoxy) is 2. The predicted octanol–water partition coefficient (Wildman–Crippen LogP) is 5.63. The van der Waals surface area contributed by atoms with E-state index >= 15 is 0 Å². The van der Waals surface area contributed by atoms with Crippen molar-refractivity contribution in [3.63, 3.8) is 0 Å². The second kappa shape index (κ2) is 8.42. The highest BCUT2D eigenvalue weighted by Gasteiger charge is 2.31. The lowest BCUT2D eigenvalue weighted by molar-refractivity contribution is 0.0867. The molecule has 0 aromatic heterocycles. The van der Waals surface area contributed by atoms with Gasteiger partial charge >= 0.3 is 0 Å². The molecule has 0 bridgehead atoms. The maximum absolute atomic E-state index is 12.6. The molecule has 1 aliphatic rings. The number of hydrogen-bond acceptors (Lipinski definition) is 5. The third-order valence-electron chi connectivity index (χ3n) is 5.37. The van der Waals surface area contributed by atoms with E-state index < -0.39 is 0 Å². The lowest BCUT2D eigenvalue weighted by Gasteiger charge is -2.26. The molecule has 0 aliphatic carbocycles. The molecule has 0 unspecified atom stereocenters. The average molecular weight is 411 g/mol. The van der Waals surface area contributed by atoms with Crippen molar-refractivity contribution in [2.24, 2.45) is 0 Å². The van der Waals surface area contributed by atoms with Gasteiger partial charge < -0.3 is 19.7 Å². The van der Waals surface area contributed by atoms with Gasteiger partial charge in [0.2, 0.25) is 0 Å². The van der Waals surface area contributed by atoms with E-state index in [2.05, 4.69) is 6.08 Å². The van der Waals surface area contributed by atoms with Gasteiger partial charge in [0.05, 0.1) is 12.5 Å². The summed E-state index contributed by atoms with van der Waals surface area (Å²) in [6.07, 6.45) is 5.01. The Kier molecular flexibility index (Phi) is 6.11. The molecule has 0 fully saturated rings. The Labute approximate surface area is 177 Å². The number of allylic oxidation sites excluding steroid dienone is 4. The van der Waals surface area contributed by atoms with Crippen molar-refractivity contribution in [2.75, 3.05) is 7.11 Å². The summed E-state index contributed by atoms with van der Waals surface area (Å²) in [5.41, 5.74) is 3.83. The SMILES string of the molecule is COc1c(CC=C(C)C)c(O)c2c(O)c3c(cc2c1CC=C(C)C)O[C@H](C)CC3=O. The van der Waals surface area contributed by atoms with Crippen LogP contribution in [-0.2, 0) is 12.8 Å². The summed E-state index contributed by atoms with van der Waals surface area (Å²) < 4.78 is 11.6. The van der Waals surface area contributed by atoms with Crippen LogP contribution in [-0.4, -0.2) is 29.2 Å². The molecule has 1 atom stereocenters. The van der Waals surface area contributed by atoms with Gasteiger partial charge in [0.1, 0.15) is 34.7 Å². The normalized spacial score (nSPS) is 15.4. The first-order valence-corrected chi connectivity index (χ1v) is 10.2. The Hall–Kier alpha value is -2.95. The summed E-state index contributed by atoms with van der Waals surface area (Å²) in [7, 11) is 1.58. The number of phenols is 2. The number of phenolic OH excluding ortho intramolecular Hbond substituents is 2. The number of benzene rings is 2.